The SMILES string of the molecule is CCCOc1ccc(S(=O)(=O)N2CCN(CCO)CC2)cc1-c1nc2c(CCC)c(CO)n(CC)c2c(=O)[nH]1. The first kappa shape index (κ1) is 29.2. The molecule has 3 heterocycles. The summed E-state index contributed by atoms with van der Waals surface area (Å²) in [5, 5.41) is 19.3. The van der Waals surface area contributed by atoms with Gasteiger partial charge >= 0.3 is 0 Å². The molecular weight excluding hydrogens is 522 g/mol. The number of nitrogens with zero attached hydrogens (tertiary/aromatic N) is 4. The van der Waals surface area contributed by atoms with Crippen molar-refractivity contribution in [2.24, 2.45) is 0 Å². The van der Waals surface area contributed by atoms with Crippen LogP contribution in [-0.4, -0.2) is 88.3 Å². The Morgan fingerprint density at radius 2 is 1.82 bits per heavy atom. The van der Waals surface area contributed by atoms with Crippen LogP contribution in [0.1, 0.15) is 44.9 Å². The van der Waals surface area contributed by atoms with Gasteiger partial charge in [0.05, 0.1) is 35.8 Å². The molecule has 0 radical (unpaired) electrons. The molecule has 0 bridgehead atoms. The number of aromatic amines is 1. The number of piperazine rings is 1. The van der Waals surface area contributed by atoms with Gasteiger partial charge in [0.25, 0.3) is 5.56 Å². The number of aromatic nitrogens is 3. The smallest absolute Gasteiger partial charge is 0.275 e. The van der Waals surface area contributed by atoms with Crippen LogP contribution in [0.4, 0.5) is 0 Å². The Bertz CT molecular complexity index is 1460. The third-order valence-corrected chi connectivity index (χ3v) is 9.04. The minimum Gasteiger partial charge on any atom is -0.493 e. The summed E-state index contributed by atoms with van der Waals surface area (Å²) in [6.45, 7) is 8.90. The Kier molecular flexibility index (Phi) is 9.44. The Hall–Kier alpha value is -2.77. The molecule has 1 aliphatic heterocycles. The van der Waals surface area contributed by atoms with Crippen molar-refractivity contribution >= 4 is 21.1 Å². The maximum absolute atomic E-state index is 13.6. The fourth-order valence-electron chi connectivity index (χ4n) is 5.21. The second-order valence-electron chi connectivity index (χ2n) is 9.67. The van der Waals surface area contributed by atoms with Crippen molar-refractivity contribution in [3.8, 4) is 17.1 Å². The van der Waals surface area contributed by atoms with Crippen LogP contribution >= 0.6 is 0 Å². The molecule has 1 aromatic carbocycles. The number of fused-ring (bicyclic) bond motifs is 1. The van der Waals surface area contributed by atoms with Gasteiger partial charge in [0, 0.05) is 50.5 Å². The zero-order chi connectivity index (χ0) is 28.2. The normalized spacial score (nSPS) is 15.3. The molecule has 11 nitrogen and oxygen atoms in total. The van der Waals surface area contributed by atoms with Crippen LogP contribution < -0.4 is 10.3 Å². The van der Waals surface area contributed by atoms with Crippen molar-refractivity contribution in [2.45, 2.75) is 58.1 Å². The first-order valence-electron chi connectivity index (χ1n) is 13.7. The average Bonchev–Trinajstić information content (AvgIpc) is 3.25. The highest BCUT2D eigenvalue weighted by atomic mass is 32.2. The van der Waals surface area contributed by atoms with E-state index in [1.54, 1.807) is 10.6 Å². The van der Waals surface area contributed by atoms with E-state index in [-0.39, 0.29) is 29.5 Å². The highest BCUT2D eigenvalue weighted by Crippen LogP contribution is 2.33. The quantitative estimate of drug-likeness (QED) is 0.305. The van der Waals surface area contributed by atoms with Crippen molar-refractivity contribution in [1.82, 2.24) is 23.7 Å². The van der Waals surface area contributed by atoms with Gasteiger partial charge in [-0.1, -0.05) is 20.3 Å². The molecule has 1 aliphatic rings. The van der Waals surface area contributed by atoms with Crippen LogP contribution in [0, 0.1) is 0 Å². The van der Waals surface area contributed by atoms with Crippen LogP contribution in [-0.2, 0) is 29.6 Å². The third kappa shape index (κ3) is 5.75. The lowest BCUT2D eigenvalue weighted by molar-refractivity contribution is 0.151. The van der Waals surface area contributed by atoms with E-state index in [4.69, 9.17) is 9.72 Å². The van der Waals surface area contributed by atoms with Crippen molar-refractivity contribution < 1.29 is 23.4 Å². The van der Waals surface area contributed by atoms with Crippen molar-refractivity contribution in [2.75, 3.05) is 45.9 Å². The molecule has 1 saturated heterocycles. The molecule has 4 rings (SSSR count). The monoisotopic (exact) mass is 561 g/mol. The summed E-state index contributed by atoms with van der Waals surface area (Å²) in [4.78, 5) is 23.2. The highest BCUT2D eigenvalue weighted by Gasteiger charge is 2.30. The highest BCUT2D eigenvalue weighted by molar-refractivity contribution is 7.89. The van der Waals surface area contributed by atoms with E-state index in [1.807, 2.05) is 25.7 Å². The number of H-pyrrole nitrogens is 1. The second kappa shape index (κ2) is 12.6. The molecule has 0 spiro atoms. The molecule has 12 heteroatoms. The summed E-state index contributed by atoms with van der Waals surface area (Å²) >= 11 is 0. The van der Waals surface area contributed by atoms with Crippen LogP contribution in [0.25, 0.3) is 22.4 Å². The van der Waals surface area contributed by atoms with Crippen LogP contribution in [0.5, 0.6) is 5.75 Å². The third-order valence-electron chi connectivity index (χ3n) is 7.14. The van der Waals surface area contributed by atoms with E-state index in [0.717, 1.165) is 18.4 Å². The number of β-amino-alcohol motifs (C(OH)–C–C–N with tert-alkyl or cyclic N) is 1. The Labute approximate surface area is 229 Å². The van der Waals surface area contributed by atoms with Gasteiger partial charge in [-0.25, -0.2) is 13.4 Å². The Morgan fingerprint density at radius 1 is 1.08 bits per heavy atom. The van der Waals surface area contributed by atoms with Crippen LogP contribution in [0.15, 0.2) is 27.9 Å². The minimum absolute atomic E-state index is 0.0340. The predicted octanol–water partition coefficient (Wildman–Crippen LogP) is 1.94. The van der Waals surface area contributed by atoms with Crippen molar-refractivity contribution in [3.63, 3.8) is 0 Å². The zero-order valence-electron chi connectivity index (χ0n) is 22.9. The lowest BCUT2D eigenvalue weighted by atomic mass is 10.1. The van der Waals surface area contributed by atoms with E-state index in [0.29, 0.717) is 80.3 Å². The summed E-state index contributed by atoms with van der Waals surface area (Å²) < 4.78 is 36.4. The average molecular weight is 562 g/mol. The lowest BCUT2D eigenvalue weighted by Crippen LogP contribution is -2.49. The number of sulfonamides is 1. The van der Waals surface area contributed by atoms with Crippen molar-refractivity contribution in [3.05, 3.63) is 39.8 Å². The van der Waals surface area contributed by atoms with E-state index in [1.165, 1.54) is 16.4 Å². The Balaban J connectivity index is 1.84. The van der Waals surface area contributed by atoms with Crippen molar-refractivity contribution in [1.29, 1.82) is 0 Å². The molecule has 3 aromatic rings. The van der Waals surface area contributed by atoms with Gasteiger partial charge in [0.2, 0.25) is 10.0 Å². The molecule has 0 atom stereocenters. The summed E-state index contributed by atoms with van der Waals surface area (Å²) in [6.07, 6.45) is 2.20. The van der Waals surface area contributed by atoms with Crippen LogP contribution in [0.3, 0.4) is 0 Å². The van der Waals surface area contributed by atoms with Gasteiger partial charge in [0.1, 0.15) is 17.1 Å². The number of hydrogen-bond acceptors (Lipinski definition) is 8. The molecule has 39 heavy (non-hydrogen) atoms. The molecular formula is C27H39N5O6S. The van der Waals surface area contributed by atoms with E-state index < -0.39 is 10.0 Å². The predicted molar refractivity (Wildman–Crippen MR) is 149 cm³/mol. The molecule has 1 fully saturated rings. The molecule has 214 valence electrons. The zero-order valence-corrected chi connectivity index (χ0v) is 23.8. The van der Waals surface area contributed by atoms with Gasteiger partial charge in [-0.15, -0.1) is 0 Å². The fraction of sp³-hybridized carbons (Fsp3) is 0.556. The molecule has 0 unspecified atom stereocenters. The number of aliphatic hydroxyl groups is 2. The second-order valence-corrected chi connectivity index (χ2v) is 11.6. The van der Waals surface area contributed by atoms with E-state index in [2.05, 4.69) is 4.98 Å². The van der Waals surface area contributed by atoms with E-state index in [9.17, 15) is 23.4 Å². The largest absolute Gasteiger partial charge is 0.493 e. The number of aliphatic hydroxyl groups excluding tert-OH is 2. The van der Waals surface area contributed by atoms with Gasteiger partial charge in [0.15, 0.2) is 0 Å². The fourth-order valence-corrected chi connectivity index (χ4v) is 6.66. The van der Waals surface area contributed by atoms with Gasteiger partial charge in [-0.2, -0.15) is 4.31 Å². The number of rotatable bonds is 12. The first-order valence-corrected chi connectivity index (χ1v) is 15.1. The van der Waals surface area contributed by atoms with Gasteiger partial charge in [-0.05, 0) is 38.0 Å². The number of hydrogen-bond donors (Lipinski definition) is 3. The number of nitrogens with one attached hydrogen (secondary N) is 1. The number of ether oxygens (including phenoxy) is 1. The topological polar surface area (TPSA) is 141 Å². The van der Waals surface area contributed by atoms with E-state index >= 15 is 0 Å². The first-order chi connectivity index (χ1) is 18.8. The Morgan fingerprint density at radius 3 is 2.44 bits per heavy atom. The summed E-state index contributed by atoms with van der Waals surface area (Å²) in [5.41, 5.74) is 2.43. The maximum Gasteiger partial charge on any atom is 0.275 e. The maximum atomic E-state index is 13.6. The van der Waals surface area contributed by atoms with Crippen LogP contribution in [0.2, 0.25) is 0 Å². The standard InChI is InChI=1S/C27H39N5O6S/c1-4-7-20-22(18-34)32(6-3)25-24(20)28-26(29-27(25)35)21-17-19(8-9-23(21)38-16-5-2)39(36,37)31-12-10-30(11-13-31)14-15-33/h8-9,17,33-34H,4-7,10-16,18H2,1-3H3,(H,28,29,35). The van der Waals surface area contributed by atoms with Gasteiger partial charge in [-0.3, -0.25) is 9.69 Å². The molecule has 3 N–H and O–H groups in total. The number of aryl methyl sites for hydroxylation is 2. The molecule has 0 amide bonds. The van der Waals surface area contributed by atoms with Gasteiger partial charge < -0.3 is 24.5 Å². The summed E-state index contributed by atoms with van der Waals surface area (Å²) in [6, 6.07) is 4.67. The number of benzene rings is 1. The summed E-state index contributed by atoms with van der Waals surface area (Å²) in [5.74, 6) is 0.652. The molecule has 0 saturated carbocycles. The minimum atomic E-state index is -3.82. The molecule has 2 aromatic heterocycles. The lowest BCUT2D eigenvalue weighted by Gasteiger charge is -2.33. The molecule has 0 aliphatic carbocycles. The summed E-state index contributed by atoms with van der Waals surface area (Å²) in [7, 11) is -3.82.